The zero-order chi connectivity index (χ0) is 26.4. The average molecular weight is 681 g/mol. The first-order valence-corrected chi connectivity index (χ1v) is 27.1. The largest absolute Gasteiger partial charge is 0.0622 e. The Balaban J connectivity index is 0.000000195. The Morgan fingerprint density at radius 2 is 1.32 bits per heavy atom. The Labute approximate surface area is 233 Å². The van der Waals surface area contributed by atoms with Gasteiger partial charge in [-0.25, -0.2) is 0 Å². The van der Waals surface area contributed by atoms with Gasteiger partial charge in [-0.1, -0.05) is 60.7 Å². The molecule has 4 fully saturated rings. The molecule has 0 amide bonds. The molecule has 0 aliphatic heterocycles. The smallest absolute Gasteiger partial charge is 0.0184 e. The van der Waals surface area contributed by atoms with Crippen molar-refractivity contribution in [3.63, 3.8) is 0 Å². The summed E-state index contributed by atoms with van der Waals surface area (Å²) in [4.78, 5) is 0. The van der Waals surface area contributed by atoms with Crippen LogP contribution in [0.4, 0.5) is 4.39 Å². The Morgan fingerprint density at radius 1 is 0.811 bits per heavy atom. The van der Waals surface area contributed by atoms with Crippen molar-refractivity contribution in [2.24, 2.45) is 17.8 Å². The summed E-state index contributed by atoms with van der Waals surface area (Å²) < 4.78 is 21.6. The molecule has 0 heterocycles. The predicted octanol–water partition coefficient (Wildman–Crippen LogP) is 8.77. The van der Waals surface area contributed by atoms with Crippen molar-refractivity contribution in [3.05, 3.63) is 80.7 Å². The fourth-order valence-corrected chi connectivity index (χ4v) is 33.4. The van der Waals surface area contributed by atoms with Crippen LogP contribution in [0.5, 0.6) is 0 Å². The van der Waals surface area contributed by atoms with Crippen molar-refractivity contribution in [3.8, 4) is 11.1 Å². The third-order valence-electron chi connectivity index (χ3n) is 9.78. The molecule has 4 heteroatoms. The van der Waals surface area contributed by atoms with Crippen LogP contribution < -0.4 is 3.30 Å². The predicted molar refractivity (Wildman–Crippen MR) is 155 cm³/mol. The topological polar surface area (TPSA) is 12.0 Å². The molecule has 7 rings (SSSR count). The summed E-state index contributed by atoms with van der Waals surface area (Å²) in [7, 11) is 0. The zero-order valence-corrected chi connectivity index (χ0v) is 28.5. The molecule has 5 aliphatic carbocycles. The van der Waals surface area contributed by atoms with E-state index in [9.17, 15) is 0 Å². The van der Waals surface area contributed by atoms with E-state index in [-0.39, 0.29) is 5.54 Å². The summed E-state index contributed by atoms with van der Waals surface area (Å²) in [6.07, 6.45) is 6.42. The fraction of sp³-hybridized carbons (Fsp3) is 0.515. The van der Waals surface area contributed by atoms with Gasteiger partial charge in [0.25, 0.3) is 0 Å². The van der Waals surface area contributed by atoms with Gasteiger partial charge in [-0.15, -0.1) is 0 Å². The Bertz CT molecular complexity index is 1120. The van der Waals surface area contributed by atoms with Crippen LogP contribution in [0.15, 0.2) is 80.7 Å². The van der Waals surface area contributed by atoms with E-state index in [0.717, 1.165) is 19.3 Å². The minimum Gasteiger partial charge on any atom is -0.0622 e. The van der Waals surface area contributed by atoms with Gasteiger partial charge in [-0.05, 0) is 11.1 Å². The quantitative estimate of drug-likeness (QED) is 0.312. The van der Waals surface area contributed by atoms with Crippen LogP contribution in [0, 0.1) is 17.8 Å². The second-order valence-corrected chi connectivity index (χ2v) is 38.2. The summed E-state index contributed by atoms with van der Waals surface area (Å²) in [5.41, 5.74) is 6.65. The van der Waals surface area contributed by atoms with Crippen LogP contribution in [0.25, 0.3) is 11.1 Å². The van der Waals surface area contributed by atoms with E-state index in [1.54, 1.807) is 16.7 Å². The maximum atomic E-state index is 15.4. The summed E-state index contributed by atoms with van der Waals surface area (Å²) in [6, 6.07) is 20.8. The molecule has 4 bridgehead atoms. The van der Waals surface area contributed by atoms with Gasteiger partial charge in [-0.3, -0.25) is 0 Å². The molecule has 4 saturated carbocycles. The van der Waals surface area contributed by atoms with Crippen molar-refractivity contribution >= 4 is 5.98 Å². The molecule has 0 spiro atoms. The molecule has 3 unspecified atom stereocenters. The van der Waals surface area contributed by atoms with E-state index < -0.39 is 32.5 Å². The van der Waals surface area contributed by atoms with Crippen LogP contribution >= 0.6 is 0 Å². The van der Waals surface area contributed by atoms with Crippen molar-refractivity contribution in [2.75, 3.05) is 0 Å². The van der Waals surface area contributed by atoms with Crippen molar-refractivity contribution in [1.29, 1.82) is 0 Å². The van der Waals surface area contributed by atoms with Crippen LogP contribution in [0.3, 0.4) is 0 Å². The Morgan fingerprint density at radius 3 is 1.73 bits per heavy atom. The Hall–Kier alpha value is -1.10. The molecule has 37 heavy (non-hydrogen) atoms. The minimum absolute atomic E-state index is 0.176. The molecule has 0 radical (unpaired) electrons. The number of nitrogens with one attached hydrogen (secondary N) is 1. The molecule has 1 nitrogen and oxygen atoms in total. The molecular formula is C33H45FHfNSi. The molecular weight excluding hydrogens is 636 g/mol. The molecule has 2 aromatic rings. The maximum absolute atomic E-state index is 15.4. The van der Waals surface area contributed by atoms with Crippen molar-refractivity contribution < 1.29 is 25.3 Å². The van der Waals surface area contributed by atoms with Crippen LogP contribution in [0.1, 0.15) is 66.2 Å². The number of hydrogen-bond donors (Lipinski definition) is 1. The van der Waals surface area contributed by atoms with E-state index in [4.69, 9.17) is 0 Å². The van der Waals surface area contributed by atoms with Gasteiger partial charge in [0.1, 0.15) is 0 Å². The molecule has 0 saturated heterocycles. The first-order chi connectivity index (χ1) is 17.6. The third kappa shape index (κ3) is 5.63. The van der Waals surface area contributed by atoms with E-state index >= 15 is 4.39 Å². The molecule has 2 aromatic carbocycles. The van der Waals surface area contributed by atoms with Gasteiger partial charge in [0, 0.05) is 0 Å². The average Bonchev–Trinajstić information content (AvgIpc) is 3.05. The van der Waals surface area contributed by atoms with Crippen LogP contribution in [0.2, 0.25) is 13.1 Å². The maximum Gasteiger partial charge on any atom is -0.0184 e. The van der Waals surface area contributed by atoms with Crippen molar-refractivity contribution in [1.82, 2.24) is 3.30 Å². The van der Waals surface area contributed by atoms with Gasteiger partial charge in [0.2, 0.25) is 0 Å². The van der Waals surface area contributed by atoms with Crippen molar-refractivity contribution in [2.45, 2.75) is 90.5 Å². The minimum atomic E-state index is -2.09. The normalized spacial score (nSPS) is 32.2. The van der Waals surface area contributed by atoms with E-state index in [0.29, 0.717) is 17.8 Å². The molecule has 197 valence electrons. The Kier molecular flexibility index (Phi) is 8.03. The number of hydrogen-bond acceptors (Lipinski definition) is 1. The molecule has 0 aromatic heterocycles. The first-order valence-electron chi connectivity index (χ1n) is 14.4. The number of halogens is 1. The summed E-state index contributed by atoms with van der Waals surface area (Å²) in [5.74, 6) is 1.25. The summed E-state index contributed by atoms with van der Waals surface area (Å²) in [5, 5.41) is 0. The molecule has 1 N–H and O–H groups in total. The molecule has 3 atom stereocenters. The van der Waals surface area contributed by atoms with Crippen LogP contribution in [-0.2, 0) is 20.9 Å². The van der Waals surface area contributed by atoms with Gasteiger partial charge in [-0.2, -0.15) is 0 Å². The number of benzene rings is 2. The number of alkyl halides is 1. The summed E-state index contributed by atoms with van der Waals surface area (Å²) >= 11 is -2.09. The van der Waals surface area contributed by atoms with Gasteiger partial charge < -0.3 is 0 Å². The fourth-order valence-electron chi connectivity index (χ4n) is 8.17. The van der Waals surface area contributed by atoms with Gasteiger partial charge in [0.05, 0.1) is 0 Å². The number of rotatable bonds is 5. The monoisotopic (exact) mass is 682 g/mol. The van der Waals surface area contributed by atoms with E-state index in [1.807, 2.05) is 15.5 Å². The second-order valence-electron chi connectivity index (χ2n) is 12.9. The van der Waals surface area contributed by atoms with E-state index in [1.165, 1.54) is 30.4 Å². The standard InChI is InChI=1S/C12H10.C10H15FN.C9H13.C2H7Si.Hf/c1-3-7-11(8-4-1)12-9-5-2-6-10-12;11-9-2-7-1-8(3-9)5-10(12,4-7)6-9;1-6-5-7(2)9(4)8(6)3;1-3-2;/h1-10H;7-8,12H,1-6H2;6H,1-4H3;3H,1-2H3;/q;-1;;;+1. The number of allylic oxidation sites excluding steroid dienone is 4. The summed E-state index contributed by atoms with van der Waals surface area (Å²) in [6.45, 7) is 14.6. The zero-order valence-electron chi connectivity index (χ0n) is 23.7. The second kappa shape index (κ2) is 10.8. The van der Waals surface area contributed by atoms with E-state index in [2.05, 4.69) is 92.6 Å². The van der Waals surface area contributed by atoms with Gasteiger partial charge in [0.15, 0.2) is 0 Å². The van der Waals surface area contributed by atoms with Gasteiger partial charge >= 0.3 is 163 Å². The SMILES string of the molecule is CC1=C(C)C(C)[C]([Hf]([NH]C23CC4CC(CC(F)(C4)C2)C3)[SiH](C)C)=C1C.c1ccc(-c2ccccc2)cc1. The molecule has 5 aliphatic rings. The third-order valence-corrected chi connectivity index (χ3v) is 35.0. The van der Waals surface area contributed by atoms with Crippen LogP contribution in [-0.4, -0.2) is 17.2 Å². The first kappa shape index (κ1) is 27.5.